The van der Waals surface area contributed by atoms with Crippen LogP contribution in [-0.4, -0.2) is 41.6 Å². The molecule has 0 aromatic carbocycles. The lowest BCUT2D eigenvalue weighted by atomic mass is 10.2. The van der Waals surface area contributed by atoms with Gasteiger partial charge in [-0.05, 0) is 24.7 Å². The predicted octanol–water partition coefficient (Wildman–Crippen LogP) is 2.88. The lowest BCUT2D eigenvalue weighted by Crippen LogP contribution is -2.12. The molecular weight excluding hydrogens is 352 g/mol. The molecule has 0 N–H and O–H groups in total. The summed E-state index contributed by atoms with van der Waals surface area (Å²) in [7, 11) is -6.97. The van der Waals surface area contributed by atoms with Crippen molar-refractivity contribution in [1.29, 1.82) is 0 Å². The molecule has 0 aliphatic heterocycles. The van der Waals surface area contributed by atoms with E-state index >= 15 is 0 Å². The SMILES string of the molecule is CC(C)CCS(=O)(=O)OCC=CC=CCOS(=O)(=O)CCC(C)C. The van der Waals surface area contributed by atoms with Gasteiger partial charge in [-0.15, -0.1) is 0 Å². The molecule has 0 rings (SSSR count). The van der Waals surface area contributed by atoms with Crippen LogP contribution in [0.3, 0.4) is 0 Å². The van der Waals surface area contributed by atoms with Crippen LogP contribution >= 0.6 is 0 Å². The highest BCUT2D eigenvalue weighted by atomic mass is 32.2. The molecule has 0 amide bonds. The third-order valence-electron chi connectivity index (χ3n) is 2.96. The molecule has 0 saturated heterocycles. The van der Waals surface area contributed by atoms with Gasteiger partial charge in [0.2, 0.25) is 0 Å². The predicted molar refractivity (Wildman–Crippen MR) is 96.7 cm³/mol. The van der Waals surface area contributed by atoms with Gasteiger partial charge >= 0.3 is 0 Å². The highest BCUT2D eigenvalue weighted by Gasteiger charge is 2.11. The fourth-order valence-corrected chi connectivity index (χ4v) is 3.76. The van der Waals surface area contributed by atoms with Crippen LogP contribution in [0.5, 0.6) is 0 Å². The minimum absolute atomic E-state index is 0.0103. The number of allylic oxidation sites excluding steroid dienone is 2. The number of hydrogen-bond donors (Lipinski definition) is 0. The first kappa shape index (κ1) is 23.3. The maximum atomic E-state index is 11.5. The summed E-state index contributed by atoms with van der Waals surface area (Å²) < 4.78 is 55.8. The average Bonchev–Trinajstić information content (AvgIpc) is 2.46. The second kappa shape index (κ2) is 11.8. The second-order valence-corrected chi connectivity index (χ2v) is 9.83. The van der Waals surface area contributed by atoms with Gasteiger partial charge in [-0.25, -0.2) is 0 Å². The van der Waals surface area contributed by atoms with Gasteiger partial charge < -0.3 is 0 Å². The Bertz CT molecular complexity index is 532. The molecule has 0 heterocycles. The fraction of sp³-hybridized carbons (Fsp3) is 0.750. The maximum absolute atomic E-state index is 11.5. The molecule has 0 atom stereocenters. The summed E-state index contributed by atoms with van der Waals surface area (Å²) in [5.41, 5.74) is 0. The smallest absolute Gasteiger partial charge is 0.266 e. The molecule has 0 radical (unpaired) electrons. The van der Waals surface area contributed by atoms with Gasteiger partial charge in [-0.3, -0.25) is 8.37 Å². The summed E-state index contributed by atoms with van der Waals surface area (Å²) in [6.45, 7) is 7.71. The molecule has 0 unspecified atom stereocenters. The summed E-state index contributed by atoms with van der Waals surface area (Å²) in [4.78, 5) is 0. The highest BCUT2D eigenvalue weighted by molar-refractivity contribution is 7.86. The van der Waals surface area contributed by atoms with Gasteiger partial charge in [0.15, 0.2) is 0 Å². The third kappa shape index (κ3) is 14.9. The van der Waals surface area contributed by atoms with Crippen molar-refractivity contribution in [3.05, 3.63) is 24.3 Å². The van der Waals surface area contributed by atoms with Crippen molar-refractivity contribution in [1.82, 2.24) is 0 Å². The minimum atomic E-state index is -3.49. The highest BCUT2D eigenvalue weighted by Crippen LogP contribution is 2.05. The van der Waals surface area contributed by atoms with Gasteiger partial charge in [-0.2, -0.15) is 16.8 Å². The van der Waals surface area contributed by atoms with Gasteiger partial charge in [0.05, 0.1) is 24.7 Å². The second-order valence-electron chi connectivity index (χ2n) is 6.31. The minimum Gasteiger partial charge on any atom is -0.266 e. The summed E-state index contributed by atoms with van der Waals surface area (Å²) in [6.07, 6.45) is 7.38. The molecule has 0 aromatic heterocycles. The van der Waals surface area contributed by atoms with E-state index in [-0.39, 0.29) is 24.7 Å². The van der Waals surface area contributed by atoms with Crippen LogP contribution in [0.25, 0.3) is 0 Å². The van der Waals surface area contributed by atoms with E-state index in [4.69, 9.17) is 8.37 Å². The van der Waals surface area contributed by atoms with Crippen molar-refractivity contribution in [2.75, 3.05) is 24.7 Å². The van der Waals surface area contributed by atoms with E-state index in [9.17, 15) is 16.8 Å². The normalized spacial score (nSPS) is 13.8. The summed E-state index contributed by atoms with van der Waals surface area (Å²) in [5, 5.41) is 0. The van der Waals surface area contributed by atoms with E-state index < -0.39 is 20.2 Å². The first-order valence-corrected chi connectivity index (χ1v) is 11.3. The molecule has 0 bridgehead atoms. The monoisotopic (exact) mass is 382 g/mol. The molecule has 142 valence electrons. The molecule has 0 fully saturated rings. The van der Waals surface area contributed by atoms with Crippen molar-refractivity contribution >= 4 is 20.2 Å². The van der Waals surface area contributed by atoms with E-state index in [1.807, 2.05) is 27.7 Å². The Morgan fingerprint density at radius 3 is 1.33 bits per heavy atom. The zero-order chi connectivity index (χ0) is 18.6. The van der Waals surface area contributed by atoms with Crippen molar-refractivity contribution in [3.8, 4) is 0 Å². The van der Waals surface area contributed by atoms with Gasteiger partial charge in [0.1, 0.15) is 0 Å². The number of hydrogen-bond acceptors (Lipinski definition) is 6. The van der Waals surface area contributed by atoms with E-state index in [0.717, 1.165) is 0 Å². The van der Waals surface area contributed by atoms with Crippen LogP contribution < -0.4 is 0 Å². The van der Waals surface area contributed by atoms with Gasteiger partial charge in [0, 0.05) is 0 Å². The van der Waals surface area contributed by atoms with Crippen LogP contribution in [0.2, 0.25) is 0 Å². The van der Waals surface area contributed by atoms with Crippen LogP contribution in [-0.2, 0) is 28.6 Å². The zero-order valence-corrected chi connectivity index (χ0v) is 16.6. The molecule has 6 nitrogen and oxygen atoms in total. The lowest BCUT2D eigenvalue weighted by molar-refractivity contribution is 0.352. The standard InChI is InChI=1S/C16H30O6S2/c1-15(2)9-13-23(17,18)21-11-7-5-6-8-12-22-24(19,20)14-10-16(3)4/h5-8,15-16H,9-14H2,1-4H3. The van der Waals surface area contributed by atoms with Crippen LogP contribution in [0, 0.1) is 11.8 Å². The zero-order valence-electron chi connectivity index (χ0n) is 15.0. The largest absolute Gasteiger partial charge is 0.267 e. The van der Waals surface area contributed by atoms with Crippen molar-refractivity contribution in [3.63, 3.8) is 0 Å². The quantitative estimate of drug-likeness (QED) is 0.359. The molecule has 24 heavy (non-hydrogen) atoms. The first-order chi connectivity index (χ1) is 11.0. The van der Waals surface area contributed by atoms with Gasteiger partial charge in [-0.1, -0.05) is 52.0 Å². The molecule has 0 spiro atoms. The van der Waals surface area contributed by atoms with E-state index in [0.29, 0.717) is 24.7 Å². The summed E-state index contributed by atoms with van der Waals surface area (Å²) >= 11 is 0. The van der Waals surface area contributed by atoms with Crippen LogP contribution in [0.4, 0.5) is 0 Å². The Morgan fingerprint density at radius 1 is 0.708 bits per heavy atom. The van der Waals surface area contributed by atoms with Crippen LogP contribution in [0.1, 0.15) is 40.5 Å². The van der Waals surface area contributed by atoms with Crippen molar-refractivity contribution in [2.24, 2.45) is 11.8 Å². The Kier molecular flexibility index (Phi) is 11.4. The molecule has 8 heteroatoms. The molecule has 0 aromatic rings. The third-order valence-corrected chi connectivity index (χ3v) is 5.42. The summed E-state index contributed by atoms with van der Waals surface area (Å²) in [5.74, 6) is 0.629. The molecular formula is C16H30O6S2. The number of rotatable bonds is 13. The lowest BCUT2D eigenvalue weighted by Gasteiger charge is -2.05. The Labute approximate surface area is 147 Å². The molecule has 0 saturated carbocycles. The maximum Gasteiger partial charge on any atom is 0.267 e. The first-order valence-electron chi connectivity index (χ1n) is 8.10. The Morgan fingerprint density at radius 2 is 1.04 bits per heavy atom. The fourth-order valence-electron chi connectivity index (χ4n) is 1.43. The Balaban J connectivity index is 3.97. The summed E-state index contributed by atoms with van der Waals surface area (Å²) in [6, 6.07) is 0. The van der Waals surface area contributed by atoms with Crippen molar-refractivity contribution < 1.29 is 25.2 Å². The topological polar surface area (TPSA) is 86.7 Å². The van der Waals surface area contributed by atoms with E-state index in [1.54, 1.807) is 12.2 Å². The van der Waals surface area contributed by atoms with Gasteiger partial charge in [0.25, 0.3) is 20.2 Å². The Hall–Kier alpha value is -0.700. The van der Waals surface area contributed by atoms with Crippen molar-refractivity contribution in [2.45, 2.75) is 40.5 Å². The van der Waals surface area contributed by atoms with Crippen LogP contribution in [0.15, 0.2) is 24.3 Å². The van der Waals surface area contributed by atoms with E-state index in [1.165, 1.54) is 12.2 Å². The molecule has 0 aliphatic carbocycles. The average molecular weight is 383 g/mol. The van der Waals surface area contributed by atoms with E-state index in [2.05, 4.69) is 0 Å². The molecule has 0 aliphatic rings.